The molecule has 0 saturated heterocycles. The van der Waals surface area contributed by atoms with E-state index >= 15 is 0 Å². The van der Waals surface area contributed by atoms with Crippen molar-refractivity contribution in [3.8, 4) is 0 Å². The summed E-state index contributed by atoms with van der Waals surface area (Å²) in [6, 6.07) is 0. The molecule has 0 aromatic rings. The molecule has 2 unspecified atom stereocenters. The maximum atomic E-state index is 10.9. The zero-order chi connectivity index (χ0) is 10.1. The Balaban J connectivity index is 3.51. The maximum absolute atomic E-state index is 10.9. The fraction of sp³-hybridized carbons (Fsp3) is 1.00. The average Bonchev–Trinajstić information content (AvgIpc) is 2.10. The summed E-state index contributed by atoms with van der Waals surface area (Å²) in [4.78, 5) is 9.01. The summed E-state index contributed by atoms with van der Waals surface area (Å²) in [6.07, 6.45) is 7.64. The van der Waals surface area contributed by atoms with Crippen LogP contribution in [0.3, 0.4) is 0 Å². The van der Waals surface area contributed by atoms with Crippen LogP contribution in [0, 0.1) is 0 Å². The van der Waals surface area contributed by atoms with E-state index in [4.69, 9.17) is 4.89 Å². The van der Waals surface area contributed by atoms with Crippen LogP contribution in [-0.2, 0) is 4.57 Å². The minimum Gasteiger partial charge on any atom is -0.161 e. The average molecular weight is 205 g/mol. The van der Waals surface area contributed by atoms with E-state index in [-0.39, 0.29) is 5.66 Å². The fourth-order valence-electron chi connectivity index (χ4n) is 1.51. The number of hydrogen-bond acceptors (Lipinski definition) is 1. The van der Waals surface area contributed by atoms with Gasteiger partial charge < -0.3 is 0 Å². The van der Waals surface area contributed by atoms with Crippen molar-refractivity contribution in [3.05, 3.63) is 0 Å². The van der Waals surface area contributed by atoms with Gasteiger partial charge in [0.05, 0.1) is 0 Å². The van der Waals surface area contributed by atoms with Gasteiger partial charge in [-0.1, -0.05) is 39.5 Å². The summed E-state index contributed by atoms with van der Waals surface area (Å²) in [6.45, 7) is 4.24. The second-order valence-electron chi connectivity index (χ2n) is 3.59. The monoisotopic (exact) mass is 205 g/mol. The Labute approximate surface area is 82.6 Å². The molecule has 78 valence electrons. The van der Waals surface area contributed by atoms with E-state index in [1.165, 1.54) is 19.3 Å². The van der Waals surface area contributed by atoms with Crippen LogP contribution in [0.1, 0.15) is 58.8 Å². The second-order valence-corrected chi connectivity index (χ2v) is 4.93. The van der Waals surface area contributed by atoms with E-state index in [1.807, 2.05) is 0 Å². The molecule has 0 radical (unpaired) electrons. The standard InChI is InChI=1S/C10H21O2P/c1-3-5-6-7-9-10(8-4-2)13(11)12/h10H,3-9H2,1-2H3/p+1. The Kier molecular flexibility index (Phi) is 8.69. The first-order valence-electron chi connectivity index (χ1n) is 5.37. The predicted molar refractivity (Wildman–Crippen MR) is 57.3 cm³/mol. The zero-order valence-electron chi connectivity index (χ0n) is 8.83. The highest BCUT2D eigenvalue weighted by Crippen LogP contribution is 2.30. The SMILES string of the molecule is CCCCCCC(CCC)[P+](=O)O. The van der Waals surface area contributed by atoms with E-state index < -0.39 is 8.03 Å². The van der Waals surface area contributed by atoms with Gasteiger partial charge in [-0.15, -0.1) is 0 Å². The Morgan fingerprint density at radius 3 is 2.23 bits per heavy atom. The molecule has 0 bridgehead atoms. The van der Waals surface area contributed by atoms with Crippen LogP contribution >= 0.6 is 8.03 Å². The van der Waals surface area contributed by atoms with Crippen molar-refractivity contribution < 1.29 is 9.46 Å². The van der Waals surface area contributed by atoms with Gasteiger partial charge in [-0.05, 0) is 23.8 Å². The lowest BCUT2D eigenvalue weighted by Crippen LogP contribution is -2.01. The molecule has 0 rings (SSSR count). The van der Waals surface area contributed by atoms with Gasteiger partial charge in [-0.2, -0.15) is 4.89 Å². The van der Waals surface area contributed by atoms with Gasteiger partial charge in [-0.25, -0.2) is 0 Å². The normalized spacial score (nSPS) is 14.2. The third-order valence-corrected chi connectivity index (χ3v) is 3.47. The topological polar surface area (TPSA) is 37.3 Å². The van der Waals surface area contributed by atoms with Gasteiger partial charge in [0.15, 0.2) is 5.66 Å². The minimum atomic E-state index is -1.94. The van der Waals surface area contributed by atoms with Gasteiger partial charge in [0.1, 0.15) is 0 Å². The summed E-state index contributed by atoms with van der Waals surface area (Å²) in [5.41, 5.74) is 0.0526. The Hall–Kier alpha value is 0.0600. The van der Waals surface area contributed by atoms with E-state index in [9.17, 15) is 4.57 Å². The molecule has 0 aromatic carbocycles. The summed E-state index contributed by atoms with van der Waals surface area (Å²) in [5, 5.41) is 0. The third kappa shape index (κ3) is 7.16. The van der Waals surface area contributed by atoms with Gasteiger partial charge >= 0.3 is 8.03 Å². The molecule has 0 aliphatic carbocycles. The van der Waals surface area contributed by atoms with Crippen molar-refractivity contribution in [2.24, 2.45) is 0 Å². The molecule has 0 heterocycles. The molecule has 0 aliphatic rings. The fourth-order valence-corrected chi connectivity index (χ4v) is 2.39. The van der Waals surface area contributed by atoms with Crippen LogP contribution in [0.4, 0.5) is 0 Å². The van der Waals surface area contributed by atoms with E-state index in [0.717, 1.165) is 25.7 Å². The van der Waals surface area contributed by atoms with Crippen molar-refractivity contribution in [1.29, 1.82) is 0 Å². The number of unbranched alkanes of at least 4 members (excludes halogenated alkanes) is 3. The maximum Gasteiger partial charge on any atom is 0.508 e. The van der Waals surface area contributed by atoms with Crippen LogP contribution in [0.5, 0.6) is 0 Å². The van der Waals surface area contributed by atoms with E-state index in [2.05, 4.69) is 13.8 Å². The summed E-state index contributed by atoms with van der Waals surface area (Å²) in [5.74, 6) is 0. The molecule has 0 amide bonds. The predicted octanol–water partition coefficient (Wildman–Crippen LogP) is 3.86. The molecule has 0 aliphatic heterocycles. The third-order valence-electron chi connectivity index (χ3n) is 2.33. The summed E-state index contributed by atoms with van der Waals surface area (Å²) >= 11 is 0. The molecular formula is C10H22O2P+. The summed E-state index contributed by atoms with van der Waals surface area (Å²) in [7, 11) is -1.94. The molecule has 2 atom stereocenters. The molecular weight excluding hydrogens is 183 g/mol. The molecule has 0 saturated carbocycles. The number of hydrogen-bond donors (Lipinski definition) is 1. The molecule has 2 nitrogen and oxygen atoms in total. The highest BCUT2D eigenvalue weighted by Gasteiger charge is 2.26. The van der Waals surface area contributed by atoms with Gasteiger partial charge in [0.25, 0.3) is 0 Å². The lowest BCUT2D eigenvalue weighted by Gasteiger charge is -2.02. The van der Waals surface area contributed by atoms with Crippen molar-refractivity contribution >= 4 is 8.03 Å². The first-order chi connectivity index (χ1) is 6.22. The van der Waals surface area contributed by atoms with Crippen LogP contribution in [0.25, 0.3) is 0 Å². The van der Waals surface area contributed by atoms with Gasteiger partial charge in [-0.3, -0.25) is 0 Å². The van der Waals surface area contributed by atoms with Crippen LogP contribution < -0.4 is 0 Å². The highest BCUT2D eigenvalue weighted by molar-refractivity contribution is 7.38. The van der Waals surface area contributed by atoms with Gasteiger partial charge in [0.2, 0.25) is 0 Å². The Morgan fingerprint density at radius 2 is 1.77 bits per heavy atom. The molecule has 0 fully saturated rings. The van der Waals surface area contributed by atoms with E-state index in [1.54, 1.807) is 0 Å². The van der Waals surface area contributed by atoms with Crippen LogP contribution in [0.2, 0.25) is 0 Å². The largest absolute Gasteiger partial charge is 0.508 e. The summed E-state index contributed by atoms with van der Waals surface area (Å²) < 4.78 is 10.9. The molecule has 13 heavy (non-hydrogen) atoms. The molecule has 0 spiro atoms. The van der Waals surface area contributed by atoms with E-state index in [0.29, 0.717) is 0 Å². The van der Waals surface area contributed by atoms with Crippen molar-refractivity contribution in [2.75, 3.05) is 0 Å². The second kappa shape index (κ2) is 8.65. The Bertz CT molecular complexity index is 137. The minimum absolute atomic E-state index is 0.0526. The Morgan fingerprint density at radius 1 is 1.08 bits per heavy atom. The van der Waals surface area contributed by atoms with Crippen molar-refractivity contribution in [3.63, 3.8) is 0 Å². The first-order valence-corrected chi connectivity index (χ1v) is 6.65. The van der Waals surface area contributed by atoms with Crippen LogP contribution in [-0.4, -0.2) is 10.6 Å². The van der Waals surface area contributed by atoms with Crippen LogP contribution in [0.15, 0.2) is 0 Å². The lowest BCUT2D eigenvalue weighted by atomic mass is 10.1. The lowest BCUT2D eigenvalue weighted by molar-refractivity contribution is 0.469. The van der Waals surface area contributed by atoms with Gasteiger partial charge in [0, 0.05) is 0 Å². The van der Waals surface area contributed by atoms with Crippen molar-refractivity contribution in [1.82, 2.24) is 0 Å². The quantitative estimate of drug-likeness (QED) is 0.482. The smallest absolute Gasteiger partial charge is 0.161 e. The first kappa shape index (κ1) is 13.1. The number of rotatable bonds is 8. The highest BCUT2D eigenvalue weighted by atomic mass is 31.1. The molecule has 3 heteroatoms. The molecule has 0 aromatic heterocycles. The van der Waals surface area contributed by atoms with Crippen molar-refractivity contribution in [2.45, 2.75) is 64.5 Å². The molecule has 1 N–H and O–H groups in total. The zero-order valence-corrected chi connectivity index (χ0v) is 9.72.